The molecule has 30 saturated heterocycles. The smallest absolute Gasteiger partial charge is 0.192 e. The molecule has 30 rings (SSSR count). The molecule has 40 nitrogen and oxygen atoms in total. The predicted molar refractivity (Wildman–Crippen MR) is 333 cm³/mol. The summed E-state index contributed by atoms with van der Waals surface area (Å²) in [5, 5.41) is 250. The Hall–Kier alpha value is -1.17. The second-order valence-electron chi connectivity index (χ2n) is 30.2. The fourth-order valence-corrected chi connectivity index (χ4v) is 14.9. The molecule has 0 radical (unpaired) electrons. The van der Waals surface area contributed by atoms with Crippen LogP contribution < -0.4 is 0 Å². The summed E-state index contributed by atoms with van der Waals surface area (Å²) in [5.41, 5.74) is 0. The van der Waals surface area contributed by atoms with Gasteiger partial charge in [0.1, 0.15) is 195 Å². The molecule has 0 aromatic carbocycles. The molecule has 30 heterocycles. The zero-order valence-corrected chi connectivity index (χ0v) is 59.9. The third-order valence-electron chi connectivity index (χ3n) is 21.4. The van der Waals surface area contributed by atoms with Crippen LogP contribution in [0.1, 0.15) is 41.5 Å². The Bertz CT molecular complexity index is 2560. The maximum absolute atomic E-state index is 12.2. The Balaban J connectivity index is 1.04. The minimum Gasteiger partial charge on any atom is -0.414 e. The lowest BCUT2D eigenvalue weighted by molar-refractivity contribution is -0.403. The summed E-state index contributed by atoms with van der Waals surface area (Å²) in [7, 11) is -5.60. The van der Waals surface area contributed by atoms with Gasteiger partial charge in [-0.25, -0.2) is 0 Å². The molecular formula is C60H108O40Si2. The molecule has 0 unspecified atom stereocenters. The molecule has 16 bridgehead atoms. The number of aliphatic hydroxyl groups excluding tert-OH is 22. The highest BCUT2D eigenvalue weighted by atomic mass is 28.4. The van der Waals surface area contributed by atoms with Crippen molar-refractivity contribution in [2.24, 2.45) is 0 Å². The molecular weight excluding hydrogens is 1420 g/mol. The first-order valence-electron chi connectivity index (χ1n) is 34.0. The van der Waals surface area contributed by atoms with Crippen LogP contribution in [0.5, 0.6) is 0 Å². The van der Waals surface area contributed by atoms with Crippen LogP contribution in [-0.4, -0.2) is 427 Å². The SMILES string of the molecule is CC(C)(C)[Si](C)(C)OC[C@H]1O[C@@H]2O[C@H]3[C@@H](O)[C@H](O)[C@@H](O[C@H]4[C@@H](O)[C@H](O)[C@@H](O[C@H]5[C@H](O)[C@@H](O)[C@@H](O[C@H]6[C@@H](O)[C@H](O)[C@@H](O[C@H]7[C@H](O)[C@@H](O)[C@@H](O[C@H]8[C@H](O)[C@@H](O)[C@@H](O[C@H]9[C@H](O)[C@@H](O)[C@@H](O[C@H]1[C@H](O)[C@H]2O)O[C@@H]9CO)O[C@@H]8CO)O[C@@H]7CO)O[C@@H]6CO)O[C@@H]5CO)O[C@@H]4CO)O[C@@H]3CO[Si](C)(C)C(C)(C)C. The summed E-state index contributed by atoms with van der Waals surface area (Å²) < 4.78 is 108. The van der Waals surface area contributed by atoms with Crippen LogP contribution in [-0.2, 0) is 84.6 Å². The number of rotatable bonds is 12. The van der Waals surface area contributed by atoms with E-state index in [4.69, 9.17) is 84.6 Å². The van der Waals surface area contributed by atoms with Crippen molar-refractivity contribution in [2.45, 2.75) is 323 Å². The third kappa shape index (κ3) is 17.4. The molecule has 0 saturated carbocycles. The van der Waals surface area contributed by atoms with Crippen molar-refractivity contribution >= 4 is 16.6 Å². The lowest BCUT2D eigenvalue weighted by Crippen LogP contribution is -2.69. The standard InChI is InChI=1S/C60H108O40Si2/c1-59(2,3)101(7,8)83-17-25-49-34(74)42(82)58(92-25)100-50-26(18-84-102(9,10)60(4,5)6)91-57(41(81)33(50)73)98-48-24(16-66)89-55(39(79)31(48)71)96-46-22(14-64)87-53(37(77)29(46)69)94-44-20(12-62)85-51(35(75)27(44)67)93-43-19(11-61)86-52(36(76)28(43)68)95-45-21(13-63)88-54(38(78)30(45)70)97-47-23(15-65)90-56(99-49)40(80)32(47)72/h19-58,61-82H,11-18H2,1-10H3/t19-,20-,21-,22-,23-,24-,25-,26-,27+,28-,29-,30-,31+,32-,33+,34-,35+,36-,37-,38-,39+,40-,41+,42-,43-,44-,45-,46-,47-,48-,49-,50-,51-,52-,53-,54-,55-,56-,57-,58-/m1/s1. The van der Waals surface area contributed by atoms with Crippen LogP contribution >= 0.6 is 0 Å². The molecule has 0 aromatic heterocycles. The summed E-state index contributed by atoms with van der Waals surface area (Å²) in [6, 6.07) is 0. The predicted octanol–water partition coefficient (Wildman–Crippen LogP) is -11.3. The van der Waals surface area contributed by atoms with E-state index in [1.54, 1.807) is 0 Å². The van der Waals surface area contributed by atoms with E-state index < -0.39 is 325 Å². The highest BCUT2D eigenvalue weighted by Gasteiger charge is 2.61. The lowest BCUT2D eigenvalue weighted by Gasteiger charge is -2.51. The van der Waals surface area contributed by atoms with Gasteiger partial charge in [-0.3, -0.25) is 0 Å². The van der Waals surface area contributed by atoms with Gasteiger partial charge in [-0.2, -0.15) is 0 Å². The Morgan fingerprint density at radius 3 is 0.471 bits per heavy atom. The van der Waals surface area contributed by atoms with Gasteiger partial charge in [0.05, 0.1) is 52.9 Å². The van der Waals surface area contributed by atoms with Crippen molar-refractivity contribution in [1.82, 2.24) is 0 Å². The first-order valence-corrected chi connectivity index (χ1v) is 39.8. The van der Waals surface area contributed by atoms with Crippen molar-refractivity contribution in [1.29, 1.82) is 0 Å². The van der Waals surface area contributed by atoms with Crippen LogP contribution in [0.15, 0.2) is 0 Å². The summed E-state index contributed by atoms with van der Waals surface area (Å²) in [6.07, 6.45) is -80.5. The highest BCUT2D eigenvalue weighted by Crippen LogP contribution is 2.43. The molecule has 102 heavy (non-hydrogen) atoms. The van der Waals surface area contributed by atoms with Crippen molar-refractivity contribution in [3.63, 3.8) is 0 Å². The molecule has 30 aliphatic heterocycles. The number of hydrogen-bond acceptors (Lipinski definition) is 40. The first-order chi connectivity index (χ1) is 47.7. The van der Waals surface area contributed by atoms with Crippen LogP contribution in [0.4, 0.5) is 0 Å². The molecule has 0 aliphatic carbocycles. The van der Waals surface area contributed by atoms with Crippen molar-refractivity contribution in [2.75, 3.05) is 52.9 Å². The Labute approximate surface area is 588 Å². The van der Waals surface area contributed by atoms with Crippen LogP contribution in [0, 0.1) is 0 Å². The van der Waals surface area contributed by atoms with Gasteiger partial charge in [0.15, 0.2) is 67.0 Å². The van der Waals surface area contributed by atoms with Gasteiger partial charge in [-0.15, -0.1) is 0 Å². The summed E-state index contributed by atoms with van der Waals surface area (Å²) in [4.78, 5) is 0. The molecule has 0 amide bonds. The van der Waals surface area contributed by atoms with Gasteiger partial charge in [0.25, 0.3) is 0 Å². The number of hydrogen-bond donors (Lipinski definition) is 22. The Kier molecular flexibility index (Phi) is 28.5. The van der Waals surface area contributed by atoms with Crippen molar-refractivity contribution < 1.29 is 197 Å². The largest absolute Gasteiger partial charge is 0.414 e. The summed E-state index contributed by atoms with van der Waals surface area (Å²) >= 11 is 0. The van der Waals surface area contributed by atoms with Crippen LogP contribution in [0.3, 0.4) is 0 Å². The molecule has 42 heteroatoms. The topological polar surface area (TPSA) is 611 Å². The fraction of sp³-hybridized carbons (Fsp3) is 1.00. The van der Waals surface area contributed by atoms with Gasteiger partial charge < -0.3 is 197 Å². The van der Waals surface area contributed by atoms with Gasteiger partial charge in [-0.1, -0.05) is 41.5 Å². The zero-order valence-electron chi connectivity index (χ0n) is 57.9. The van der Waals surface area contributed by atoms with Crippen LogP contribution in [0.25, 0.3) is 0 Å². The normalized spacial score (nSPS) is 50.1. The third-order valence-corrected chi connectivity index (χ3v) is 30.4. The molecule has 30 fully saturated rings. The number of aliphatic hydroxyl groups is 22. The van der Waals surface area contributed by atoms with E-state index in [9.17, 15) is 112 Å². The van der Waals surface area contributed by atoms with E-state index in [0.29, 0.717) is 0 Å². The average molecular weight is 1530 g/mol. The molecule has 0 spiro atoms. The quantitative estimate of drug-likeness (QED) is 0.0807. The van der Waals surface area contributed by atoms with E-state index >= 15 is 0 Å². The van der Waals surface area contributed by atoms with Gasteiger partial charge in [-0.05, 0) is 36.3 Å². The van der Waals surface area contributed by atoms with Crippen molar-refractivity contribution in [3.05, 3.63) is 0 Å². The van der Waals surface area contributed by atoms with E-state index in [1.807, 2.05) is 67.7 Å². The van der Waals surface area contributed by atoms with Crippen molar-refractivity contribution in [3.8, 4) is 0 Å². The molecule has 40 atom stereocenters. The number of ether oxygens (including phenoxy) is 16. The minimum atomic E-state index is -2.80. The lowest BCUT2D eigenvalue weighted by atomic mass is 9.94. The summed E-state index contributed by atoms with van der Waals surface area (Å²) in [5.74, 6) is 0. The Morgan fingerprint density at radius 1 is 0.216 bits per heavy atom. The molecule has 30 aliphatic rings. The average Bonchev–Trinajstić information content (AvgIpc) is 0.773. The molecule has 22 N–H and O–H groups in total. The molecule has 0 aromatic rings. The van der Waals surface area contributed by atoms with Gasteiger partial charge >= 0.3 is 0 Å². The monoisotopic (exact) mass is 1520 g/mol. The van der Waals surface area contributed by atoms with E-state index in [0.717, 1.165) is 0 Å². The second-order valence-corrected chi connectivity index (χ2v) is 39.9. The van der Waals surface area contributed by atoms with Gasteiger partial charge in [0, 0.05) is 0 Å². The molecule has 596 valence electrons. The second kappa shape index (κ2) is 34.2. The van der Waals surface area contributed by atoms with E-state index in [2.05, 4.69) is 0 Å². The summed E-state index contributed by atoms with van der Waals surface area (Å²) in [6.45, 7) is 11.7. The van der Waals surface area contributed by atoms with E-state index in [1.165, 1.54) is 0 Å². The zero-order chi connectivity index (χ0) is 75.5. The maximum atomic E-state index is 12.2. The fourth-order valence-electron chi connectivity index (χ4n) is 12.9. The minimum absolute atomic E-state index is 0.450. The first kappa shape index (κ1) is 84.8. The Morgan fingerprint density at radius 2 is 0.343 bits per heavy atom. The highest BCUT2D eigenvalue weighted by molar-refractivity contribution is 6.74. The maximum Gasteiger partial charge on any atom is 0.192 e. The van der Waals surface area contributed by atoms with Gasteiger partial charge in [0.2, 0.25) is 0 Å². The van der Waals surface area contributed by atoms with Crippen LogP contribution in [0.2, 0.25) is 36.3 Å². The van der Waals surface area contributed by atoms with E-state index in [-0.39, 0.29) is 0 Å².